The predicted octanol–water partition coefficient (Wildman–Crippen LogP) is 2.08. The summed E-state index contributed by atoms with van der Waals surface area (Å²) in [5.41, 5.74) is 1.34. The summed E-state index contributed by atoms with van der Waals surface area (Å²) in [5.74, 6) is -1.27. The second-order valence-electron chi connectivity index (χ2n) is 6.05. The number of esters is 1. The number of imide groups is 1. The normalized spacial score (nSPS) is 15.5. The first kappa shape index (κ1) is 19.7. The van der Waals surface area contributed by atoms with Crippen molar-refractivity contribution in [2.45, 2.75) is 13.8 Å². The minimum Gasteiger partial charge on any atom is -0.465 e. The van der Waals surface area contributed by atoms with Gasteiger partial charge in [0.25, 0.3) is 16.7 Å². The van der Waals surface area contributed by atoms with E-state index in [4.69, 9.17) is 4.74 Å². The fourth-order valence-corrected chi connectivity index (χ4v) is 3.68. The van der Waals surface area contributed by atoms with E-state index in [0.29, 0.717) is 28.7 Å². The molecule has 0 saturated carbocycles. The molecule has 1 aromatic carbocycles. The number of para-hydroxylation sites is 1. The first-order chi connectivity index (χ1) is 13.3. The first-order valence-electron chi connectivity index (χ1n) is 8.60. The molecular weight excluding hydrogens is 382 g/mol. The van der Waals surface area contributed by atoms with Crippen LogP contribution in [0.25, 0.3) is 11.8 Å². The predicted molar refractivity (Wildman–Crippen MR) is 105 cm³/mol. The number of rotatable bonds is 5. The van der Waals surface area contributed by atoms with E-state index in [1.807, 2.05) is 18.2 Å². The summed E-state index contributed by atoms with van der Waals surface area (Å²) in [7, 11) is 1.74. The minimum atomic E-state index is -0.659. The summed E-state index contributed by atoms with van der Waals surface area (Å²) >= 11 is 0.698. The van der Waals surface area contributed by atoms with Gasteiger partial charge in [-0.1, -0.05) is 18.2 Å². The van der Waals surface area contributed by atoms with Crippen LogP contribution < -0.4 is 5.56 Å². The van der Waals surface area contributed by atoms with Crippen molar-refractivity contribution in [3.8, 4) is 5.69 Å². The number of carbonyl (C=O) groups is 3. The van der Waals surface area contributed by atoms with Crippen LogP contribution in [-0.2, 0) is 21.4 Å². The largest absolute Gasteiger partial charge is 0.465 e. The van der Waals surface area contributed by atoms with Gasteiger partial charge in [0, 0.05) is 12.7 Å². The Kier molecular flexibility index (Phi) is 5.55. The summed E-state index contributed by atoms with van der Waals surface area (Å²) in [6, 6.07) is 9.11. The molecule has 28 heavy (non-hydrogen) atoms. The van der Waals surface area contributed by atoms with Gasteiger partial charge in [-0.2, -0.15) is 0 Å². The number of hydrogen-bond donors (Lipinski definition) is 0. The standard InChI is InChI=1S/C19H19N3O5S/c1-4-27-16(23)11-21-18(25)15(28-19(21)26)10-14-12(2)20(3)22(17(14)24)13-8-6-5-7-9-13/h5-10H,4,11H2,1-3H3/b15-10-. The van der Waals surface area contributed by atoms with Gasteiger partial charge in [0.1, 0.15) is 6.54 Å². The quantitative estimate of drug-likeness (QED) is 0.563. The second kappa shape index (κ2) is 7.89. The van der Waals surface area contributed by atoms with E-state index in [1.54, 1.807) is 37.7 Å². The average molecular weight is 401 g/mol. The molecule has 1 fully saturated rings. The van der Waals surface area contributed by atoms with Crippen molar-refractivity contribution in [3.05, 3.63) is 56.8 Å². The van der Waals surface area contributed by atoms with E-state index in [9.17, 15) is 19.2 Å². The highest BCUT2D eigenvalue weighted by Crippen LogP contribution is 2.32. The molecule has 1 aliphatic rings. The smallest absolute Gasteiger partial charge is 0.326 e. The molecule has 2 heterocycles. The van der Waals surface area contributed by atoms with Crippen molar-refractivity contribution in [2.75, 3.05) is 13.2 Å². The molecular formula is C19H19N3O5S. The van der Waals surface area contributed by atoms with Gasteiger partial charge in [0.05, 0.1) is 22.8 Å². The van der Waals surface area contributed by atoms with Crippen molar-refractivity contribution >= 4 is 35.0 Å². The van der Waals surface area contributed by atoms with Gasteiger partial charge in [-0.3, -0.25) is 28.8 Å². The zero-order valence-corrected chi connectivity index (χ0v) is 16.5. The molecule has 0 N–H and O–H groups in total. The van der Waals surface area contributed by atoms with E-state index in [-0.39, 0.29) is 17.1 Å². The molecule has 2 aromatic rings. The first-order valence-corrected chi connectivity index (χ1v) is 9.41. The van der Waals surface area contributed by atoms with Crippen LogP contribution >= 0.6 is 11.8 Å². The maximum Gasteiger partial charge on any atom is 0.326 e. The maximum absolute atomic E-state index is 12.9. The van der Waals surface area contributed by atoms with E-state index in [0.717, 1.165) is 4.90 Å². The third kappa shape index (κ3) is 3.53. The number of benzene rings is 1. The molecule has 2 amide bonds. The van der Waals surface area contributed by atoms with Gasteiger partial charge < -0.3 is 4.74 Å². The Morgan fingerprint density at radius 1 is 1.18 bits per heavy atom. The molecule has 3 rings (SSSR count). The molecule has 0 bridgehead atoms. The molecule has 0 unspecified atom stereocenters. The number of amides is 2. The SMILES string of the molecule is CCOC(=O)CN1C(=O)S/C(=C\c2c(C)n(C)n(-c3ccccc3)c2=O)C1=O. The Hall–Kier alpha value is -3.07. The fraction of sp³-hybridized carbons (Fsp3) is 0.263. The van der Waals surface area contributed by atoms with Gasteiger partial charge in [-0.25, -0.2) is 4.68 Å². The van der Waals surface area contributed by atoms with Crippen molar-refractivity contribution in [3.63, 3.8) is 0 Å². The molecule has 1 aromatic heterocycles. The van der Waals surface area contributed by atoms with Crippen LogP contribution in [-0.4, -0.2) is 44.5 Å². The van der Waals surface area contributed by atoms with Crippen LogP contribution in [0.3, 0.4) is 0 Å². The number of hydrogen-bond acceptors (Lipinski definition) is 6. The Morgan fingerprint density at radius 2 is 1.86 bits per heavy atom. The van der Waals surface area contributed by atoms with Crippen LogP contribution in [0.5, 0.6) is 0 Å². The van der Waals surface area contributed by atoms with Crippen LogP contribution in [0.4, 0.5) is 4.79 Å². The topological polar surface area (TPSA) is 90.6 Å². The number of nitrogens with zero attached hydrogens (tertiary/aromatic N) is 3. The van der Waals surface area contributed by atoms with E-state index in [2.05, 4.69) is 0 Å². The lowest BCUT2D eigenvalue weighted by Crippen LogP contribution is -2.34. The number of thioether (sulfide) groups is 1. The van der Waals surface area contributed by atoms with Crippen molar-refractivity contribution in [1.29, 1.82) is 0 Å². The Morgan fingerprint density at radius 3 is 2.50 bits per heavy atom. The number of carbonyl (C=O) groups excluding carboxylic acids is 3. The lowest BCUT2D eigenvalue weighted by atomic mass is 10.2. The van der Waals surface area contributed by atoms with Gasteiger partial charge in [0.15, 0.2) is 0 Å². The fourth-order valence-electron chi connectivity index (χ4n) is 2.86. The van der Waals surface area contributed by atoms with Crippen LogP contribution in [0.1, 0.15) is 18.2 Å². The molecule has 8 nitrogen and oxygen atoms in total. The summed E-state index contributed by atoms with van der Waals surface area (Å²) < 4.78 is 7.97. The lowest BCUT2D eigenvalue weighted by Gasteiger charge is -2.10. The highest BCUT2D eigenvalue weighted by atomic mass is 32.2. The summed E-state index contributed by atoms with van der Waals surface area (Å²) in [6.45, 7) is 3.11. The summed E-state index contributed by atoms with van der Waals surface area (Å²) in [4.78, 5) is 50.1. The average Bonchev–Trinajstić information content (AvgIpc) is 3.05. The van der Waals surface area contributed by atoms with Crippen molar-refractivity contribution < 1.29 is 19.1 Å². The molecule has 146 valence electrons. The third-order valence-electron chi connectivity index (χ3n) is 4.34. The van der Waals surface area contributed by atoms with E-state index >= 15 is 0 Å². The van der Waals surface area contributed by atoms with Gasteiger partial charge >= 0.3 is 5.97 Å². The Bertz CT molecular complexity index is 1040. The van der Waals surface area contributed by atoms with Gasteiger partial charge in [-0.05, 0) is 43.8 Å². The lowest BCUT2D eigenvalue weighted by molar-refractivity contribution is -0.145. The van der Waals surface area contributed by atoms with Crippen LogP contribution in [0, 0.1) is 6.92 Å². The molecule has 1 aliphatic heterocycles. The maximum atomic E-state index is 12.9. The van der Waals surface area contributed by atoms with Crippen LogP contribution in [0.15, 0.2) is 40.0 Å². The molecule has 0 aliphatic carbocycles. The Balaban J connectivity index is 1.97. The third-order valence-corrected chi connectivity index (χ3v) is 5.25. The van der Waals surface area contributed by atoms with E-state index in [1.165, 1.54) is 10.8 Å². The molecule has 0 atom stereocenters. The zero-order valence-electron chi connectivity index (χ0n) is 15.7. The highest BCUT2D eigenvalue weighted by Gasteiger charge is 2.37. The van der Waals surface area contributed by atoms with Crippen molar-refractivity contribution in [2.24, 2.45) is 7.05 Å². The van der Waals surface area contributed by atoms with Crippen LogP contribution in [0.2, 0.25) is 0 Å². The van der Waals surface area contributed by atoms with E-state index < -0.39 is 23.7 Å². The highest BCUT2D eigenvalue weighted by molar-refractivity contribution is 8.18. The monoisotopic (exact) mass is 401 g/mol. The Labute approximate surface area is 165 Å². The molecule has 0 radical (unpaired) electrons. The summed E-state index contributed by atoms with van der Waals surface area (Å²) in [6.07, 6.45) is 1.41. The van der Waals surface area contributed by atoms with Gasteiger partial charge in [-0.15, -0.1) is 0 Å². The number of aromatic nitrogens is 2. The minimum absolute atomic E-state index is 0.0975. The van der Waals surface area contributed by atoms with Gasteiger partial charge in [0.2, 0.25) is 0 Å². The molecule has 0 spiro atoms. The number of ether oxygens (including phenoxy) is 1. The zero-order chi connectivity index (χ0) is 20.4. The second-order valence-corrected chi connectivity index (χ2v) is 7.04. The molecule has 1 saturated heterocycles. The molecule has 9 heteroatoms. The summed E-state index contributed by atoms with van der Waals surface area (Å²) in [5, 5.41) is -0.568. The van der Waals surface area contributed by atoms with Crippen molar-refractivity contribution in [1.82, 2.24) is 14.3 Å².